The van der Waals surface area contributed by atoms with Crippen molar-refractivity contribution >= 4 is 17.6 Å². The molecule has 236 valence electrons. The number of hydrogen-bond acceptors (Lipinski definition) is 9. The van der Waals surface area contributed by atoms with Gasteiger partial charge in [-0.15, -0.1) is 5.11 Å². The minimum absolute atomic E-state index is 0.116. The van der Waals surface area contributed by atoms with Gasteiger partial charge in [-0.3, -0.25) is 0 Å². The van der Waals surface area contributed by atoms with Crippen LogP contribution >= 0.6 is 0 Å². The smallest absolute Gasteiger partial charge is 0.340 e. The molecule has 0 spiro atoms. The summed E-state index contributed by atoms with van der Waals surface area (Å²) >= 11 is 0. The van der Waals surface area contributed by atoms with E-state index >= 15 is 0 Å². The Balaban J connectivity index is 1.76. The first-order valence-electron chi connectivity index (χ1n) is 15.3. The van der Waals surface area contributed by atoms with Gasteiger partial charge in [0.15, 0.2) is 0 Å². The number of azo groups is 1. The van der Waals surface area contributed by atoms with Crippen LogP contribution in [0.3, 0.4) is 0 Å². The minimum Gasteiger partial charge on any atom is -0.495 e. The maximum absolute atomic E-state index is 13.3. The van der Waals surface area contributed by atoms with E-state index in [9.17, 15) is 9.59 Å². The summed E-state index contributed by atoms with van der Waals surface area (Å²) in [7, 11) is 0. The van der Waals surface area contributed by atoms with Crippen LogP contribution in [0, 0.1) is 0 Å². The maximum Gasteiger partial charge on any atom is 0.340 e. The molecule has 0 bridgehead atoms. The first-order valence-corrected chi connectivity index (χ1v) is 15.3. The van der Waals surface area contributed by atoms with Gasteiger partial charge in [0, 0.05) is 5.57 Å². The van der Waals surface area contributed by atoms with Gasteiger partial charge in [0.25, 0.3) is 0 Å². The van der Waals surface area contributed by atoms with Crippen molar-refractivity contribution in [1.29, 1.82) is 0 Å². The van der Waals surface area contributed by atoms with E-state index in [-0.39, 0.29) is 13.0 Å². The molecule has 0 saturated heterocycles. The number of carbonyl (C=O) groups is 2. The molecule has 2 aromatic rings. The fourth-order valence-corrected chi connectivity index (χ4v) is 4.01. The molecule has 0 aliphatic heterocycles. The molecule has 9 heteroatoms. The second-order valence-corrected chi connectivity index (χ2v) is 10.5. The SMILES string of the molecule is C=C(C)C(=O)OCCCCOC1=C(N=Nc2ccccc2)C=CC(OCCCC)(OC(=O)c2ccc(OCCCC)cc2)C1. The van der Waals surface area contributed by atoms with Crippen LogP contribution in [0.1, 0.15) is 76.1 Å². The van der Waals surface area contributed by atoms with Crippen molar-refractivity contribution < 1.29 is 33.3 Å². The molecule has 1 aliphatic carbocycles. The van der Waals surface area contributed by atoms with Crippen molar-refractivity contribution in [1.82, 2.24) is 0 Å². The second-order valence-electron chi connectivity index (χ2n) is 10.5. The van der Waals surface area contributed by atoms with Crippen LogP contribution in [-0.2, 0) is 23.7 Å². The monoisotopic (exact) mass is 604 g/mol. The number of esters is 2. The highest BCUT2D eigenvalue weighted by molar-refractivity contribution is 5.90. The Morgan fingerprint density at radius 3 is 2.23 bits per heavy atom. The Labute approximate surface area is 260 Å². The van der Waals surface area contributed by atoms with Crippen molar-refractivity contribution in [2.24, 2.45) is 10.2 Å². The summed E-state index contributed by atoms with van der Waals surface area (Å²) < 4.78 is 29.3. The number of hydrogen-bond donors (Lipinski definition) is 0. The highest BCUT2D eigenvalue weighted by Gasteiger charge is 2.39. The van der Waals surface area contributed by atoms with Gasteiger partial charge < -0.3 is 23.7 Å². The van der Waals surface area contributed by atoms with Gasteiger partial charge in [-0.1, -0.05) is 51.5 Å². The lowest BCUT2D eigenvalue weighted by Gasteiger charge is -2.33. The topological polar surface area (TPSA) is 105 Å². The molecule has 0 N–H and O–H groups in total. The Bertz CT molecular complexity index is 1300. The number of allylic oxidation sites excluding steroid dienone is 1. The minimum atomic E-state index is -1.39. The van der Waals surface area contributed by atoms with Gasteiger partial charge in [0.05, 0.1) is 44.1 Å². The van der Waals surface area contributed by atoms with E-state index in [1.807, 2.05) is 30.3 Å². The molecule has 44 heavy (non-hydrogen) atoms. The number of benzene rings is 2. The summed E-state index contributed by atoms with van der Waals surface area (Å²) in [6, 6.07) is 16.3. The standard InChI is InChI=1S/C35H44N2O7/c1-5-7-22-40-30-18-16-28(17-19-30)34(39)44-35(43-25-8-6-2)21-20-31(37-36-29-14-10-9-11-15-29)32(26-35)41-23-12-13-24-42-33(38)27(3)4/h9-11,14-21H,3,5-8,12-13,22-26H2,1-2,4H3. The summed E-state index contributed by atoms with van der Waals surface area (Å²) in [5, 5.41) is 8.79. The van der Waals surface area contributed by atoms with Crippen molar-refractivity contribution in [3.05, 3.63) is 95.9 Å². The van der Waals surface area contributed by atoms with Crippen molar-refractivity contribution in [2.45, 2.75) is 71.5 Å². The largest absolute Gasteiger partial charge is 0.495 e. The van der Waals surface area contributed by atoms with Crippen molar-refractivity contribution in [2.75, 3.05) is 26.4 Å². The molecule has 0 heterocycles. The first kappa shape index (κ1) is 34.3. The highest BCUT2D eigenvalue weighted by atomic mass is 16.7. The number of nitrogens with zero attached hydrogens (tertiary/aromatic N) is 2. The summed E-state index contributed by atoms with van der Waals surface area (Å²) in [6.45, 7) is 11.0. The van der Waals surface area contributed by atoms with Crippen LogP contribution in [0.25, 0.3) is 0 Å². The summed E-state index contributed by atoms with van der Waals surface area (Å²) in [6.07, 6.45) is 8.46. The number of rotatable bonds is 19. The Morgan fingerprint density at radius 2 is 1.52 bits per heavy atom. The third-order valence-corrected chi connectivity index (χ3v) is 6.58. The molecule has 0 aromatic heterocycles. The lowest BCUT2D eigenvalue weighted by Crippen LogP contribution is -2.39. The third kappa shape index (κ3) is 11.4. The van der Waals surface area contributed by atoms with E-state index in [1.54, 1.807) is 43.3 Å². The zero-order valence-electron chi connectivity index (χ0n) is 26.1. The Kier molecular flexibility index (Phi) is 14.3. The second kappa shape index (κ2) is 18.4. The molecular weight excluding hydrogens is 560 g/mol. The van der Waals surface area contributed by atoms with E-state index in [1.165, 1.54) is 0 Å². The molecule has 1 atom stereocenters. The molecule has 0 radical (unpaired) electrons. The zero-order valence-corrected chi connectivity index (χ0v) is 26.1. The van der Waals surface area contributed by atoms with E-state index in [2.05, 4.69) is 30.7 Å². The molecule has 1 aliphatic rings. The molecule has 9 nitrogen and oxygen atoms in total. The maximum atomic E-state index is 13.3. The average Bonchev–Trinajstić information content (AvgIpc) is 3.03. The van der Waals surface area contributed by atoms with Crippen LogP contribution in [0.2, 0.25) is 0 Å². The van der Waals surface area contributed by atoms with E-state index < -0.39 is 17.7 Å². The third-order valence-electron chi connectivity index (χ3n) is 6.58. The molecule has 0 amide bonds. The van der Waals surface area contributed by atoms with Gasteiger partial charge >= 0.3 is 11.9 Å². The van der Waals surface area contributed by atoms with Crippen LogP contribution in [0.4, 0.5) is 5.69 Å². The van der Waals surface area contributed by atoms with Crippen molar-refractivity contribution in [3.8, 4) is 5.75 Å². The van der Waals surface area contributed by atoms with E-state index in [0.717, 1.165) is 25.7 Å². The molecule has 0 saturated carbocycles. The van der Waals surface area contributed by atoms with Gasteiger partial charge in [-0.2, -0.15) is 5.11 Å². The molecule has 0 fully saturated rings. The van der Waals surface area contributed by atoms with Crippen LogP contribution < -0.4 is 4.74 Å². The summed E-state index contributed by atoms with van der Waals surface area (Å²) in [5.41, 5.74) is 1.93. The van der Waals surface area contributed by atoms with E-state index in [0.29, 0.717) is 66.7 Å². The Hall–Kier alpha value is -4.24. The first-order chi connectivity index (χ1) is 21.4. The number of carbonyl (C=O) groups excluding carboxylic acids is 2. The Morgan fingerprint density at radius 1 is 0.841 bits per heavy atom. The predicted octanol–water partition coefficient (Wildman–Crippen LogP) is 8.41. The average molecular weight is 605 g/mol. The van der Waals surface area contributed by atoms with Gasteiger partial charge in [0.1, 0.15) is 17.2 Å². The quantitative estimate of drug-likeness (QED) is 0.0521. The fourth-order valence-electron chi connectivity index (χ4n) is 4.01. The molecule has 3 rings (SSSR count). The van der Waals surface area contributed by atoms with Gasteiger partial charge in [-0.25, -0.2) is 9.59 Å². The normalized spacial score (nSPS) is 16.2. The molecular formula is C35H44N2O7. The number of ether oxygens (including phenoxy) is 5. The fraction of sp³-hybridized carbons (Fsp3) is 0.429. The lowest BCUT2D eigenvalue weighted by atomic mass is 10.0. The van der Waals surface area contributed by atoms with Crippen LogP contribution in [-0.4, -0.2) is 44.2 Å². The summed E-state index contributed by atoms with van der Waals surface area (Å²) in [4.78, 5) is 25.0. The van der Waals surface area contributed by atoms with Gasteiger partial charge in [0.2, 0.25) is 5.79 Å². The zero-order chi connectivity index (χ0) is 31.6. The van der Waals surface area contributed by atoms with Crippen LogP contribution in [0.15, 0.2) is 101 Å². The van der Waals surface area contributed by atoms with Gasteiger partial charge in [-0.05, 0) is 81.2 Å². The van der Waals surface area contributed by atoms with Crippen LogP contribution in [0.5, 0.6) is 5.75 Å². The molecule has 2 aromatic carbocycles. The van der Waals surface area contributed by atoms with Crippen molar-refractivity contribution in [3.63, 3.8) is 0 Å². The highest BCUT2D eigenvalue weighted by Crippen LogP contribution is 2.35. The molecule has 1 unspecified atom stereocenters. The lowest BCUT2D eigenvalue weighted by molar-refractivity contribution is -0.175. The predicted molar refractivity (Wildman–Crippen MR) is 169 cm³/mol. The van der Waals surface area contributed by atoms with E-state index in [4.69, 9.17) is 23.7 Å². The number of unbranched alkanes of at least 4 members (excludes halogenated alkanes) is 3. The summed E-state index contributed by atoms with van der Waals surface area (Å²) in [5.74, 6) is -1.15.